The molecule has 0 unspecified atom stereocenters. The lowest BCUT2D eigenvalue weighted by molar-refractivity contribution is -0.136. The van der Waals surface area contributed by atoms with Crippen molar-refractivity contribution in [3.05, 3.63) is 35.9 Å². The zero-order chi connectivity index (χ0) is 13.5. The molecule has 1 aromatic carbocycles. The van der Waals surface area contributed by atoms with E-state index in [1.54, 1.807) is 0 Å². The number of carboxylic acids is 1. The molecule has 1 rings (SSSR count). The van der Waals surface area contributed by atoms with Crippen LogP contribution >= 0.6 is 0 Å². The molecule has 1 aromatic rings. The summed E-state index contributed by atoms with van der Waals surface area (Å²) in [6.45, 7) is 5.97. The molecule has 0 aliphatic carbocycles. The molecule has 0 saturated heterocycles. The lowest BCUT2D eigenvalue weighted by Gasteiger charge is -2.10. The zero-order valence-electron chi connectivity index (χ0n) is 11.1. The number of benzene rings is 1. The molecule has 0 aliphatic heterocycles. The minimum absolute atomic E-state index is 0.169. The maximum Gasteiger partial charge on any atom is 0.303 e. The first kappa shape index (κ1) is 14.3. The molecule has 0 bridgehead atoms. The minimum atomic E-state index is -0.764. The summed E-state index contributed by atoms with van der Waals surface area (Å²) >= 11 is 0. The zero-order valence-corrected chi connectivity index (χ0v) is 11.1. The summed E-state index contributed by atoms with van der Waals surface area (Å²) in [5.41, 5.74) is 2.18. The Morgan fingerprint density at radius 1 is 1.33 bits per heavy atom. The van der Waals surface area contributed by atoms with Crippen molar-refractivity contribution in [3.63, 3.8) is 0 Å². The fourth-order valence-electron chi connectivity index (χ4n) is 1.60. The number of hydrogen-bond donors (Lipinski definition) is 1. The lowest BCUT2D eigenvalue weighted by atomic mass is 10.1. The molecule has 0 aliphatic rings. The number of carbonyl (C=O) groups is 1. The van der Waals surface area contributed by atoms with Gasteiger partial charge in [-0.05, 0) is 50.5 Å². The van der Waals surface area contributed by atoms with Crippen molar-refractivity contribution in [1.82, 2.24) is 0 Å². The van der Waals surface area contributed by atoms with Gasteiger partial charge in [-0.1, -0.05) is 18.2 Å². The second kappa shape index (κ2) is 6.84. The average molecular weight is 248 g/mol. The summed E-state index contributed by atoms with van der Waals surface area (Å²) in [7, 11) is 0. The molecule has 0 spiro atoms. The maximum atomic E-state index is 10.4. The van der Waals surface area contributed by atoms with Gasteiger partial charge >= 0.3 is 5.97 Å². The molecule has 3 heteroatoms. The first-order chi connectivity index (χ1) is 8.49. The lowest BCUT2D eigenvalue weighted by Crippen LogP contribution is -2.05. The van der Waals surface area contributed by atoms with Crippen LogP contribution in [0.5, 0.6) is 5.75 Å². The Kier molecular flexibility index (Phi) is 5.43. The second-order valence-electron chi connectivity index (χ2n) is 4.51. The Labute approximate surface area is 108 Å². The van der Waals surface area contributed by atoms with Crippen molar-refractivity contribution >= 4 is 11.5 Å². The van der Waals surface area contributed by atoms with E-state index in [0.717, 1.165) is 16.9 Å². The molecule has 0 saturated carbocycles. The predicted octanol–water partition coefficient (Wildman–Crippen LogP) is 3.74. The highest BCUT2D eigenvalue weighted by molar-refractivity contribution is 5.68. The molecule has 0 atom stereocenters. The molecule has 0 radical (unpaired) electrons. The molecule has 18 heavy (non-hydrogen) atoms. The van der Waals surface area contributed by atoms with Crippen LogP contribution in [0.2, 0.25) is 0 Å². The summed E-state index contributed by atoms with van der Waals surface area (Å²) in [5, 5.41) is 8.57. The summed E-state index contributed by atoms with van der Waals surface area (Å²) in [6, 6.07) is 7.85. The highest BCUT2D eigenvalue weighted by Gasteiger charge is 2.00. The molecule has 0 heterocycles. The third kappa shape index (κ3) is 5.04. The van der Waals surface area contributed by atoms with Gasteiger partial charge in [0.25, 0.3) is 0 Å². The van der Waals surface area contributed by atoms with Gasteiger partial charge in [0.2, 0.25) is 0 Å². The highest BCUT2D eigenvalue weighted by atomic mass is 16.5. The molecule has 1 N–H and O–H groups in total. The van der Waals surface area contributed by atoms with Gasteiger partial charge in [-0.25, -0.2) is 0 Å². The smallest absolute Gasteiger partial charge is 0.303 e. The van der Waals surface area contributed by atoms with E-state index in [1.807, 2.05) is 51.1 Å². The summed E-state index contributed by atoms with van der Waals surface area (Å²) in [6.07, 6.45) is 2.85. The number of aliphatic carboxylic acids is 1. The number of ether oxygens (including phenoxy) is 1. The van der Waals surface area contributed by atoms with E-state index in [4.69, 9.17) is 9.84 Å². The number of rotatable bonds is 6. The number of allylic oxidation sites excluding steroid dienone is 2. The molecule has 98 valence electrons. The van der Waals surface area contributed by atoms with E-state index < -0.39 is 5.97 Å². The summed E-state index contributed by atoms with van der Waals surface area (Å²) < 4.78 is 5.56. The minimum Gasteiger partial charge on any atom is -0.491 e. The normalized spacial score (nSPS) is 11.7. The van der Waals surface area contributed by atoms with Crippen molar-refractivity contribution in [3.8, 4) is 5.75 Å². The Bertz CT molecular complexity index is 416. The summed E-state index contributed by atoms with van der Waals surface area (Å²) in [5.74, 6) is 0.0896. The Hall–Kier alpha value is -1.77. The molecular formula is C15H20O3. The number of carboxylic acid groups (broad SMARTS) is 1. The van der Waals surface area contributed by atoms with E-state index in [0.29, 0.717) is 6.42 Å². The van der Waals surface area contributed by atoms with Crippen LogP contribution in [0.25, 0.3) is 5.57 Å². The van der Waals surface area contributed by atoms with Gasteiger partial charge in [0.15, 0.2) is 0 Å². The van der Waals surface area contributed by atoms with Gasteiger partial charge in [0, 0.05) is 6.42 Å². The van der Waals surface area contributed by atoms with Gasteiger partial charge in [-0.15, -0.1) is 0 Å². The van der Waals surface area contributed by atoms with Gasteiger partial charge < -0.3 is 9.84 Å². The van der Waals surface area contributed by atoms with Gasteiger partial charge in [-0.3, -0.25) is 4.79 Å². The third-order valence-corrected chi connectivity index (χ3v) is 2.49. The number of hydrogen-bond acceptors (Lipinski definition) is 2. The maximum absolute atomic E-state index is 10.4. The predicted molar refractivity (Wildman–Crippen MR) is 72.7 cm³/mol. The monoisotopic (exact) mass is 248 g/mol. The van der Waals surface area contributed by atoms with E-state index in [2.05, 4.69) is 0 Å². The van der Waals surface area contributed by atoms with Crippen LogP contribution in [0, 0.1) is 0 Å². The average Bonchev–Trinajstić information content (AvgIpc) is 2.28. The standard InChI is InChI=1S/C15H20O3/c1-11(2)18-14-9-7-13(8-10-14)12(3)5-4-6-15(16)17/h5,7-11H,4,6H2,1-3H3,(H,16,17)/b12-5+. The Morgan fingerprint density at radius 2 is 1.94 bits per heavy atom. The topological polar surface area (TPSA) is 46.5 Å². The van der Waals surface area contributed by atoms with Gasteiger partial charge in [0.1, 0.15) is 5.75 Å². The van der Waals surface area contributed by atoms with Gasteiger partial charge in [0.05, 0.1) is 6.10 Å². The van der Waals surface area contributed by atoms with Crippen LogP contribution in [0.4, 0.5) is 0 Å². The molecule has 0 amide bonds. The van der Waals surface area contributed by atoms with Crippen molar-refractivity contribution < 1.29 is 14.6 Å². The quantitative estimate of drug-likeness (QED) is 0.834. The largest absolute Gasteiger partial charge is 0.491 e. The van der Waals surface area contributed by atoms with E-state index in [-0.39, 0.29) is 12.5 Å². The van der Waals surface area contributed by atoms with E-state index in [9.17, 15) is 4.79 Å². The fraction of sp³-hybridized carbons (Fsp3) is 0.400. The first-order valence-electron chi connectivity index (χ1n) is 6.14. The molecule has 0 fully saturated rings. The van der Waals surface area contributed by atoms with Crippen molar-refractivity contribution in [2.75, 3.05) is 0 Å². The van der Waals surface area contributed by atoms with Gasteiger partial charge in [-0.2, -0.15) is 0 Å². The van der Waals surface area contributed by atoms with Crippen molar-refractivity contribution in [2.24, 2.45) is 0 Å². The van der Waals surface area contributed by atoms with Crippen LogP contribution < -0.4 is 4.74 Å². The first-order valence-corrected chi connectivity index (χ1v) is 6.14. The third-order valence-electron chi connectivity index (χ3n) is 2.49. The van der Waals surface area contributed by atoms with Crippen LogP contribution in [0.15, 0.2) is 30.3 Å². The SMILES string of the molecule is C/C(=C\CCC(=O)O)c1ccc(OC(C)C)cc1. The second-order valence-corrected chi connectivity index (χ2v) is 4.51. The van der Waals surface area contributed by atoms with Crippen molar-refractivity contribution in [2.45, 2.75) is 39.7 Å². The van der Waals surface area contributed by atoms with Crippen LogP contribution in [0.1, 0.15) is 39.2 Å². The van der Waals surface area contributed by atoms with Crippen LogP contribution in [0.3, 0.4) is 0 Å². The summed E-state index contributed by atoms with van der Waals surface area (Å²) in [4.78, 5) is 10.4. The Balaban J connectivity index is 2.63. The highest BCUT2D eigenvalue weighted by Crippen LogP contribution is 2.19. The fourth-order valence-corrected chi connectivity index (χ4v) is 1.60. The molecular weight excluding hydrogens is 228 g/mol. The van der Waals surface area contributed by atoms with Crippen LogP contribution in [-0.2, 0) is 4.79 Å². The molecule has 3 nitrogen and oxygen atoms in total. The molecule has 0 aromatic heterocycles. The van der Waals surface area contributed by atoms with E-state index >= 15 is 0 Å². The van der Waals surface area contributed by atoms with Crippen molar-refractivity contribution in [1.29, 1.82) is 0 Å². The Morgan fingerprint density at radius 3 is 2.44 bits per heavy atom. The van der Waals surface area contributed by atoms with E-state index in [1.165, 1.54) is 0 Å². The van der Waals surface area contributed by atoms with Crippen LogP contribution in [-0.4, -0.2) is 17.2 Å².